The topological polar surface area (TPSA) is 41.2 Å². The second kappa shape index (κ2) is 6.62. The summed E-state index contributed by atoms with van der Waals surface area (Å²) in [5.41, 5.74) is 3.34. The maximum Gasteiger partial charge on any atom is 0.130 e. The highest BCUT2D eigenvalue weighted by molar-refractivity contribution is 5.89. The molecule has 0 aliphatic rings. The minimum absolute atomic E-state index is 0.484. The van der Waals surface area contributed by atoms with E-state index in [0.29, 0.717) is 6.61 Å². The van der Waals surface area contributed by atoms with Gasteiger partial charge in [-0.05, 0) is 50.3 Å². The zero-order chi connectivity index (χ0) is 15.4. The molecule has 0 atom stereocenters. The molecule has 0 spiro atoms. The van der Waals surface area contributed by atoms with Gasteiger partial charge in [0.15, 0.2) is 0 Å². The number of aromatic nitrogens is 2. The van der Waals surface area contributed by atoms with E-state index in [4.69, 9.17) is 4.74 Å². The molecule has 0 bridgehead atoms. The van der Waals surface area contributed by atoms with E-state index in [-0.39, 0.29) is 0 Å². The van der Waals surface area contributed by atoms with Crippen LogP contribution in [0.15, 0.2) is 48.8 Å². The molecular formula is C18H21N3O. The van der Waals surface area contributed by atoms with Crippen LogP contribution in [0.4, 0.5) is 0 Å². The van der Waals surface area contributed by atoms with Crippen molar-refractivity contribution in [3.8, 4) is 5.75 Å². The normalized spacial score (nSPS) is 11.2. The second-order valence-corrected chi connectivity index (χ2v) is 5.66. The zero-order valence-corrected chi connectivity index (χ0v) is 13.0. The molecule has 3 rings (SSSR count). The molecule has 114 valence electrons. The number of rotatable bonds is 6. The van der Waals surface area contributed by atoms with Crippen molar-refractivity contribution in [1.82, 2.24) is 14.9 Å². The number of hydrogen-bond acceptors (Lipinski definition) is 3. The Kier molecular flexibility index (Phi) is 4.39. The van der Waals surface area contributed by atoms with Crippen LogP contribution in [0.1, 0.15) is 11.3 Å². The molecule has 3 aromatic rings. The van der Waals surface area contributed by atoms with Crippen molar-refractivity contribution in [2.45, 2.75) is 13.0 Å². The van der Waals surface area contributed by atoms with Crippen LogP contribution in [0.3, 0.4) is 0 Å². The molecule has 0 unspecified atom stereocenters. The van der Waals surface area contributed by atoms with Gasteiger partial charge in [0.25, 0.3) is 0 Å². The van der Waals surface area contributed by atoms with Crippen molar-refractivity contribution in [2.24, 2.45) is 0 Å². The van der Waals surface area contributed by atoms with Gasteiger partial charge in [-0.15, -0.1) is 0 Å². The van der Waals surface area contributed by atoms with Gasteiger partial charge in [-0.3, -0.25) is 4.98 Å². The number of ether oxygens (including phenoxy) is 1. The molecule has 0 amide bonds. The van der Waals surface area contributed by atoms with Crippen molar-refractivity contribution in [1.29, 1.82) is 0 Å². The van der Waals surface area contributed by atoms with Gasteiger partial charge in [0.1, 0.15) is 12.4 Å². The molecular weight excluding hydrogens is 274 g/mol. The highest BCUT2D eigenvalue weighted by atomic mass is 16.5. The average Bonchev–Trinajstić information content (AvgIpc) is 2.96. The highest BCUT2D eigenvalue weighted by Gasteiger charge is 2.10. The van der Waals surface area contributed by atoms with Gasteiger partial charge in [0.05, 0.1) is 5.69 Å². The van der Waals surface area contributed by atoms with Crippen LogP contribution < -0.4 is 4.74 Å². The van der Waals surface area contributed by atoms with Crippen molar-refractivity contribution in [2.75, 3.05) is 20.6 Å². The lowest BCUT2D eigenvalue weighted by Crippen LogP contribution is -2.14. The number of aromatic amines is 1. The molecule has 22 heavy (non-hydrogen) atoms. The smallest absolute Gasteiger partial charge is 0.130 e. The van der Waals surface area contributed by atoms with E-state index in [2.05, 4.69) is 41.2 Å². The summed E-state index contributed by atoms with van der Waals surface area (Å²) in [6.07, 6.45) is 4.87. The lowest BCUT2D eigenvalue weighted by molar-refractivity contribution is 0.305. The Morgan fingerprint density at radius 1 is 1.14 bits per heavy atom. The first-order valence-electron chi connectivity index (χ1n) is 7.50. The van der Waals surface area contributed by atoms with E-state index in [1.54, 1.807) is 6.20 Å². The lowest BCUT2D eigenvalue weighted by Gasteiger charge is -2.11. The van der Waals surface area contributed by atoms with Crippen LogP contribution in [0.2, 0.25) is 0 Å². The number of hydrogen-bond donors (Lipinski definition) is 1. The quantitative estimate of drug-likeness (QED) is 0.759. The van der Waals surface area contributed by atoms with Crippen LogP contribution >= 0.6 is 0 Å². The predicted octanol–water partition coefficient (Wildman–Crippen LogP) is 3.25. The maximum atomic E-state index is 6.02. The minimum atomic E-state index is 0.484. The summed E-state index contributed by atoms with van der Waals surface area (Å²) in [5, 5.41) is 1.18. The molecule has 0 saturated heterocycles. The third-order valence-corrected chi connectivity index (χ3v) is 3.68. The fourth-order valence-corrected chi connectivity index (χ4v) is 2.52. The summed E-state index contributed by atoms with van der Waals surface area (Å²) in [7, 11) is 4.18. The predicted molar refractivity (Wildman–Crippen MR) is 89.1 cm³/mol. The van der Waals surface area contributed by atoms with Gasteiger partial charge in [0.2, 0.25) is 0 Å². The van der Waals surface area contributed by atoms with Crippen molar-refractivity contribution < 1.29 is 4.74 Å². The van der Waals surface area contributed by atoms with Gasteiger partial charge in [-0.2, -0.15) is 0 Å². The molecule has 1 aromatic carbocycles. The highest BCUT2D eigenvalue weighted by Crippen LogP contribution is 2.29. The number of pyridine rings is 1. The molecule has 0 aliphatic carbocycles. The molecule has 2 heterocycles. The Balaban J connectivity index is 1.83. The number of nitrogens with zero attached hydrogens (tertiary/aromatic N) is 2. The monoisotopic (exact) mass is 295 g/mol. The lowest BCUT2D eigenvalue weighted by atomic mass is 10.1. The summed E-state index contributed by atoms with van der Waals surface area (Å²) in [6.45, 7) is 1.50. The number of benzene rings is 1. The van der Waals surface area contributed by atoms with Gasteiger partial charge < -0.3 is 14.6 Å². The molecule has 4 nitrogen and oxygen atoms in total. The van der Waals surface area contributed by atoms with E-state index in [9.17, 15) is 0 Å². The molecule has 0 aliphatic heterocycles. The Hall–Kier alpha value is -2.33. The number of H-pyrrole nitrogens is 1. The minimum Gasteiger partial charge on any atom is -0.487 e. The number of nitrogens with one attached hydrogen (secondary N) is 1. The average molecular weight is 295 g/mol. The third-order valence-electron chi connectivity index (χ3n) is 3.68. The van der Waals surface area contributed by atoms with Crippen LogP contribution in [-0.2, 0) is 13.0 Å². The molecule has 0 saturated carbocycles. The van der Waals surface area contributed by atoms with Gasteiger partial charge in [-0.25, -0.2) is 0 Å². The molecule has 0 fully saturated rings. The van der Waals surface area contributed by atoms with E-state index in [0.717, 1.165) is 29.9 Å². The maximum absolute atomic E-state index is 6.02. The van der Waals surface area contributed by atoms with E-state index in [1.165, 1.54) is 10.9 Å². The molecule has 0 radical (unpaired) electrons. The zero-order valence-electron chi connectivity index (χ0n) is 13.0. The summed E-state index contributed by atoms with van der Waals surface area (Å²) < 4.78 is 6.02. The number of likely N-dealkylation sites (N-methyl/N-ethyl adjacent to an activating group) is 1. The third kappa shape index (κ3) is 3.28. The van der Waals surface area contributed by atoms with Gasteiger partial charge in [0, 0.05) is 29.8 Å². The SMILES string of the molecule is CN(C)CCc1c[nH]c2cccc(OCc3ccccn3)c12. The summed E-state index contributed by atoms with van der Waals surface area (Å²) in [6, 6.07) is 12.0. The Morgan fingerprint density at radius 3 is 2.82 bits per heavy atom. The van der Waals surface area contributed by atoms with Crippen molar-refractivity contribution in [3.63, 3.8) is 0 Å². The van der Waals surface area contributed by atoms with Gasteiger partial charge in [-0.1, -0.05) is 12.1 Å². The first kappa shape index (κ1) is 14.6. The molecule has 1 N–H and O–H groups in total. The van der Waals surface area contributed by atoms with Gasteiger partial charge >= 0.3 is 0 Å². The number of fused-ring (bicyclic) bond motifs is 1. The Morgan fingerprint density at radius 2 is 2.05 bits per heavy atom. The first-order valence-corrected chi connectivity index (χ1v) is 7.50. The summed E-state index contributed by atoms with van der Waals surface area (Å²) in [5.74, 6) is 0.915. The van der Waals surface area contributed by atoms with Crippen molar-refractivity contribution >= 4 is 10.9 Å². The second-order valence-electron chi connectivity index (χ2n) is 5.66. The van der Waals surface area contributed by atoms with Crippen LogP contribution in [0.25, 0.3) is 10.9 Å². The largest absolute Gasteiger partial charge is 0.487 e. The Labute approximate surface area is 130 Å². The fraction of sp³-hybridized carbons (Fsp3) is 0.278. The summed E-state index contributed by atoms with van der Waals surface area (Å²) in [4.78, 5) is 9.83. The fourth-order valence-electron chi connectivity index (χ4n) is 2.52. The van der Waals surface area contributed by atoms with Crippen LogP contribution in [0.5, 0.6) is 5.75 Å². The standard InChI is InChI=1S/C18H21N3O/c1-21(2)11-9-14-12-20-16-7-5-8-17(18(14)16)22-13-15-6-3-4-10-19-15/h3-8,10,12,20H,9,11,13H2,1-2H3. The van der Waals surface area contributed by atoms with Crippen LogP contribution in [0, 0.1) is 0 Å². The Bertz CT molecular complexity index is 734. The van der Waals surface area contributed by atoms with E-state index < -0.39 is 0 Å². The van der Waals surface area contributed by atoms with E-state index in [1.807, 2.05) is 30.3 Å². The van der Waals surface area contributed by atoms with Crippen LogP contribution in [-0.4, -0.2) is 35.5 Å². The first-order chi connectivity index (χ1) is 10.7. The summed E-state index contributed by atoms with van der Waals surface area (Å²) >= 11 is 0. The van der Waals surface area contributed by atoms with Crippen molar-refractivity contribution in [3.05, 3.63) is 60.0 Å². The molecule has 4 heteroatoms. The van der Waals surface area contributed by atoms with E-state index >= 15 is 0 Å². The molecule has 2 aromatic heterocycles.